The van der Waals surface area contributed by atoms with Gasteiger partial charge in [-0.25, -0.2) is 0 Å². The first-order valence-electron chi connectivity index (χ1n) is 6.75. The van der Waals surface area contributed by atoms with Gasteiger partial charge in [0.2, 0.25) is 5.91 Å². The van der Waals surface area contributed by atoms with E-state index in [0.717, 1.165) is 6.54 Å². The van der Waals surface area contributed by atoms with E-state index in [9.17, 15) is 4.79 Å². The van der Waals surface area contributed by atoms with Gasteiger partial charge in [0.25, 0.3) is 0 Å². The van der Waals surface area contributed by atoms with Crippen molar-refractivity contribution >= 4 is 5.91 Å². The smallest absolute Gasteiger partial charge is 0.237 e. The lowest BCUT2D eigenvalue weighted by Crippen LogP contribution is -2.54. The molecule has 0 aromatic rings. The normalized spacial score (nSPS) is 15.9. The third-order valence-electron chi connectivity index (χ3n) is 2.72. The Kier molecular flexibility index (Phi) is 6.86. The van der Waals surface area contributed by atoms with Crippen LogP contribution in [0.2, 0.25) is 0 Å². The first-order chi connectivity index (χ1) is 8.03. The summed E-state index contributed by atoms with van der Waals surface area (Å²) in [6, 6.07) is 0.150. The average molecular weight is 257 g/mol. The molecule has 2 N–H and O–H groups in total. The highest BCUT2D eigenvalue weighted by Gasteiger charge is 2.23. The fourth-order valence-corrected chi connectivity index (χ4v) is 1.72. The number of hydrogen-bond donors (Lipinski definition) is 2. The first-order valence-corrected chi connectivity index (χ1v) is 6.75. The van der Waals surface area contributed by atoms with E-state index in [1.807, 2.05) is 27.7 Å². The van der Waals surface area contributed by atoms with E-state index < -0.39 is 0 Å². The van der Waals surface area contributed by atoms with E-state index >= 15 is 0 Å². The molecule has 108 valence electrons. The minimum absolute atomic E-state index is 0.0620. The zero-order valence-electron chi connectivity index (χ0n) is 13.3. The second kappa shape index (κ2) is 7.10. The lowest BCUT2D eigenvalue weighted by Gasteiger charge is -2.30. The van der Waals surface area contributed by atoms with Crippen molar-refractivity contribution in [3.8, 4) is 0 Å². The second-order valence-electron chi connectivity index (χ2n) is 6.74. The van der Waals surface area contributed by atoms with Gasteiger partial charge >= 0.3 is 0 Å². The lowest BCUT2D eigenvalue weighted by atomic mass is 10.0. The molecule has 18 heavy (non-hydrogen) atoms. The quantitative estimate of drug-likeness (QED) is 0.757. The number of likely N-dealkylation sites (N-methyl/N-ethyl adjacent to an activating group) is 1. The van der Waals surface area contributed by atoms with E-state index in [-0.39, 0.29) is 17.5 Å². The van der Waals surface area contributed by atoms with Crippen molar-refractivity contribution in [3.05, 3.63) is 0 Å². The van der Waals surface area contributed by atoms with Gasteiger partial charge in [0.1, 0.15) is 0 Å². The summed E-state index contributed by atoms with van der Waals surface area (Å²) in [7, 11) is 4.11. The van der Waals surface area contributed by atoms with Crippen molar-refractivity contribution in [1.29, 1.82) is 0 Å². The van der Waals surface area contributed by atoms with Crippen molar-refractivity contribution in [2.75, 3.05) is 20.6 Å². The summed E-state index contributed by atoms with van der Waals surface area (Å²) in [5, 5.41) is 6.42. The van der Waals surface area contributed by atoms with Crippen molar-refractivity contribution in [1.82, 2.24) is 15.5 Å². The molecule has 4 nitrogen and oxygen atoms in total. The molecule has 0 heterocycles. The van der Waals surface area contributed by atoms with Gasteiger partial charge in [-0.2, -0.15) is 0 Å². The predicted octanol–water partition coefficient (Wildman–Crippen LogP) is 1.47. The van der Waals surface area contributed by atoms with Crippen LogP contribution < -0.4 is 10.6 Å². The summed E-state index contributed by atoms with van der Waals surface area (Å²) >= 11 is 0. The largest absolute Gasteiger partial charge is 0.350 e. The highest BCUT2D eigenvalue weighted by molar-refractivity contribution is 5.81. The Balaban J connectivity index is 4.41. The van der Waals surface area contributed by atoms with Crippen LogP contribution in [0.4, 0.5) is 0 Å². The van der Waals surface area contributed by atoms with Crippen LogP contribution in [-0.4, -0.2) is 49.1 Å². The summed E-state index contributed by atoms with van der Waals surface area (Å²) in [4.78, 5) is 14.2. The number of nitrogens with zero attached hydrogens (tertiary/aromatic N) is 1. The van der Waals surface area contributed by atoms with Gasteiger partial charge in [-0.15, -0.1) is 0 Å². The Morgan fingerprint density at radius 2 is 1.67 bits per heavy atom. The van der Waals surface area contributed by atoms with Gasteiger partial charge in [0.05, 0.1) is 6.04 Å². The molecule has 0 saturated heterocycles. The van der Waals surface area contributed by atoms with E-state index in [4.69, 9.17) is 0 Å². The molecule has 0 fully saturated rings. The molecule has 2 unspecified atom stereocenters. The van der Waals surface area contributed by atoms with Gasteiger partial charge < -0.3 is 15.5 Å². The molecule has 0 aliphatic rings. The zero-order valence-corrected chi connectivity index (χ0v) is 13.3. The second-order valence-corrected chi connectivity index (χ2v) is 6.74. The monoisotopic (exact) mass is 257 g/mol. The van der Waals surface area contributed by atoms with Crippen LogP contribution in [0.1, 0.15) is 41.5 Å². The highest BCUT2D eigenvalue weighted by atomic mass is 16.2. The van der Waals surface area contributed by atoms with Crippen LogP contribution in [0.25, 0.3) is 0 Å². The van der Waals surface area contributed by atoms with E-state index in [2.05, 4.69) is 43.5 Å². The molecule has 0 aliphatic heterocycles. The Bertz CT molecular complexity index is 256. The van der Waals surface area contributed by atoms with Crippen molar-refractivity contribution < 1.29 is 4.79 Å². The molecule has 2 atom stereocenters. The van der Waals surface area contributed by atoms with Crippen LogP contribution in [0.15, 0.2) is 0 Å². The minimum Gasteiger partial charge on any atom is -0.350 e. The maximum Gasteiger partial charge on any atom is 0.237 e. The number of carbonyl (C=O) groups excluding carboxylic acids is 1. The van der Waals surface area contributed by atoms with E-state index in [1.165, 1.54) is 0 Å². The molecule has 0 radical (unpaired) electrons. The third kappa shape index (κ3) is 7.67. The molecule has 4 heteroatoms. The van der Waals surface area contributed by atoms with Crippen LogP contribution in [-0.2, 0) is 4.79 Å². The van der Waals surface area contributed by atoms with Crippen LogP contribution in [0.5, 0.6) is 0 Å². The molecule has 0 aromatic carbocycles. The minimum atomic E-state index is -0.179. The van der Waals surface area contributed by atoms with Gasteiger partial charge in [-0.3, -0.25) is 4.79 Å². The SMILES string of the molecule is CC(NC(CN(C)C)C(C)C)C(=O)NC(C)(C)C. The van der Waals surface area contributed by atoms with Crippen molar-refractivity contribution in [2.24, 2.45) is 5.92 Å². The van der Waals surface area contributed by atoms with Crippen molar-refractivity contribution in [2.45, 2.75) is 59.2 Å². The number of rotatable bonds is 6. The molecule has 1 amide bonds. The first kappa shape index (κ1) is 17.4. The summed E-state index contributed by atoms with van der Waals surface area (Å²) in [6.45, 7) is 13.2. The summed E-state index contributed by atoms with van der Waals surface area (Å²) < 4.78 is 0. The number of nitrogens with one attached hydrogen (secondary N) is 2. The maximum atomic E-state index is 12.0. The number of carbonyl (C=O) groups is 1. The summed E-state index contributed by atoms with van der Waals surface area (Å²) in [5.41, 5.74) is -0.179. The fourth-order valence-electron chi connectivity index (χ4n) is 1.72. The van der Waals surface area contributed by atoms with Gasteiger partial charge in [0, 0.05) is 18.1 Å². The molecule has 0 rings (SSSR count). The third-order valence-corrected chi connectivity index (χ3v) is 2.72. The number of hydrogen-bond acceptors (Lipinski definition) is 3. The standard InChI is InChI=1S/C14H31N3O/c1-10(2)12(9-17(7)8)15-11(3)13(18)16-14(4,5)6/h10-12,15H,9H2,1-8H3,(H,16,18). The molecule has 0 aliphatic carbocycles. The summed E-state index contributed by atoms with van der Waals surface area (Å²) in [5.74, 6) is 0.559. The Labute approximate surface area is 113 Å². The molecular formula is C14H31N3O. The van der Waals surface area contributed by atoms with Gasteiger partial charge in [0.15, 0.2) is 0 Å². The van der Waals surface area contributed by atoms with Crippen LogP contribution in [0, 0.1) is 5.92 Å². The van der Waals surface area contributed by atoms with Gasteiger partial charge in [-0.1, -0.05) is 13.8 Å². The van der Waals surface area contributed by atoms with E-state index in [1.54, 1.807) is 0 Å². The van der Waals surface area contributed by atoms with Crippen LogP contribution in [0.3, 0.4) is 0 Å². The fraction of sp³-hybridized carbons (Fsp3) is 0.929. The molecular weight excluding hydrogens is 226 g/mol. The van der Waals surface area contributed by atoms with E-state index in [0.29, 0.717) is 12.0 Å². The molecule has 0 aromatic heterocycles. The van der Waals surface area contributed by atoms with Gasteiger partial charge in [-0.05, 0) is 47.7 Å². The Morgan fingerprint density at radius 3 is 2.00 bits per heavy atom. The van der Waals surface area contributed by atoms with Crippen LogP contribution >= 0.6 is 0 Å². The molecule has 0 bridgehead atoms. The topological polar surface area (TPSA) is 44.4 Å². The summed E-state index contributed by atoms with van der Waals surface area (Å²) in [6.07, 6.45) is 0. The Morgan fingerprint density at radius 1 is 1.17 bits per heavy atom. The van der Waals surface area contributed by atoms with Crippen molar-refractivity contribution in [3.63, 3.8) is 0 Å². The zero-order chi connectivity index (χ0) is 14.5. The Hall–Kier alpha value is -0.610. The maximum absolute atomic E-state index is 12.0. The lowest BCUT2D eigenvalue weighted by molar-refractivity contribution is -0.124. The average Bonchev–Trinajstić information content (AvgIpc) is 2.12. The highest BCUT2D eigenvalue weighted by Crippen LogP contribution is 2.05. The molecule has 0 saturated carbocycles. The molecule has 0 spiro atoms. The number of amides is 1. The predicted molar refractivity (Wildman–Crippen MR) is 77.7 cm³/mol.